The lowest BCUT2D eigenvalue weighted by molar-refractivity contribution is 0.172. The van der Waals surface area contributed by atoms with Gasteiger partial charge in [-0.25, -0.2) is 0 Å². The molecule has 0 fully saturated rings. The average molecular weight is 332 g/mol. The molecule has 4 heteroatoms. The molecule has 23 heavy (non-hydrogen) atoms. The van der Waals surface area contributed by atoms with Gasteiger partial charge in [0.05, 0.1) is 6.10 Å². The predicted octanol–water partition coefficient (Wildman–Crippen LogP) is 3.47. The highest BCUT2D eigenvalue weighted by Gasteiger charge is 2.19. The number of hydrogen-bond acceptors (Lipinski definition) is 3. The lowest BCUT2D eigenvalue weighted by atomic mass is 9.84. The number of fused-ring (bicyclic) bond motifs is 1. The summed E-state index contributed by atoms with van der Waals surface area (Å²) in [4.78, 5) is 0. The Morgan fingerprint density at radius 3 is 2.70 bits per heavy atom. The summed E-state index contributed by atoms with van der Waals surface area (Å²) in [5.41, 5.74) is 3.48. The summed E-state index contributed by atoms with van der Waals surface area (Å²) in [5, 5.41) is 23.8. The van der Waals surface area contributed by atoms with Crippen molar-refractivity contribution in [2.24, 2.45) is 5.92 Å². The highest BCUT2D eigenvalue weighted by molar-refractivity contribution is 6.30. The first-order valence-corrected chi connectivity index (χ1v) is 8.44. The van der Waals surface area contributed by atoms with Crippen LogP contribution in [0, 0.1) is 5.92 Å². The van der Waals surface area contributed by atoms with Gasteiger partial charge < -0.3 is 15.5 Å². The van der Waals surface area contributed by atoms with Gasteiger partial charge in [0.15, 0.2) is 0 Å². The summed E-state index contributed by atoms with van der Waals surface area (Å²) >= 11 is 5.86. The molecule has 1 aliphatic carbocycles. The van der Waals surface area contributed by atoms with Gasteiger partial charge in [-0.2, -0.15) is 0 Å². The number of rotatable bonds is 5. The third-order valence-electron chi connectivity index (χ3n) is 4.55. The number of phenols is 1. The van der Waals surface area contributed by atoms with Crippen molar-refractivity contribution in [3.8, 4) is 5.75 Å². The number of halogens is 1. The minimum absolute atomic E-state index is 0.353. The van der Waals surface area contributed by atoms with E-state index in [-0.39, 0.29) is 0 Å². The quantitative estimate of drug-likeness (QED) is 0.786. The Hall–Kier alpha value is -1.55. The number of aryl methyl sites for hydroxylation is 1. The van der Waals surface area contributed by atoms with Crippen LogP contribution in [-0.4, -0.2) is 23.3 Å². The van der Waals surface area contributed by atoms with E-state index in [1.165, 1.54) is 11.1 Å². The number of aliphatic hydroxyl groups is 1. The zero-order chi connectivity index (χ0) is 16.2. The summed E-state index contributed by atoms with van der Waals surface area (Å²) in [6.07, 6.45) is 2.63. The van der Waals surface area contributed by atoms with E-state index < -0.39 is 6.10 Å². The Bertz CT molecular complexity index is 657. The number of aliphatic hydroxyl groups excluding tert-OH is 1. The first kappa shape index (κ1) is 16.3. The van der Waals surface area contributed by atoms with Gasteiger partial charge in [-0.15, -0.1) is 0 Å². The van der Waals surface area contributed by atoms with Gasteiger partial charge in [-0.1, -0.05) is 29.8 Å². The van der Waals surface area contributed by atoms with E-state index in [0.717, 1.165) is 31.4 Å². The van der Waals surface area contributed by atoms with E-state index in [9.17, 15) is 10.2 Å². The topological polar surface area (TPSA) is 52.5 Å². The number of phenolic OH excluding ortho intramolecular Hbond substituents is 1. The van der Waals surface area contributed by atoms with E-state index in [4.69, 9.17) is 11.6 Å². The van der Waals surface area contributed by atoms with Crippen LogP contribution in [0.4, 0.5) is 0 Å². The van der Waals surface area contributed by atoms with Gasteiger partial charge >= 0.3 is 0 Å². The minimum Gasteiger partial charge on any atom is -0.508 e. The smallest absolute Gasteiger partial charge is 0.115 e. The zero-order valence-corrected chi connectivity index (χ0v) is 13.8. The van der Waals surface area contributed by atoms with Crippen LogP contribution in [0.3, 0.4) is 0 Å². The van der Waals surface area contributed by atoms with Crippen molar-refractivity contribution in [2.75, 3.05) is 13.1 Å². The van der Waals surface area contributed by atoms with Gasteiger partial charge in [0.25, 0.3) is 0 Å². The summed E-state index contributed by atoms with van der Waals surface area (Å²) in [6, 6.07) is 13.0. The molecule has 1 aliphatic rings. The monoisotopic (exact) mass is 331 g/mol. The number of benzene rings is 2. The van der Waals surface area contributed by atoms with Crippen molar-refractivity contribution in [1.29, 1.82) is 0 Å². The van der Waals surface area contributed by atoms with Crippen LogP contribution in [0.2, 0.25) is 5.02 Å². The molecule has 122 valence electrons. The minimum atomic E-state index is -0.514. The summed E-state index contributed by atoms with van der Waals surface area (Å²) in [5.74, 6) is 0.927. The fourth-order valence-electron chi connectivity index (χ4n) is 3.22. The number of aromatic hydroxyl groups is 1. The van der Waals surface area contributed by atoms with Crippen molar-refractivity contribution in [1.82, 2.24) is 5.32 Å². The Morgan fingerprint density at radius 1 is 1.13 bits per heavy atom. The molecule has 3 rings (SSSR count). The summed E-state index contributed by atoms with van der Waals surface area (Å²) in [7, 11) is 0. The summed E-state index contributed by atoms with van der Waals surface area (Å²) in [6.45, 7) is 1.44. The van der Waals surface area contributed by atoms with E-state index >= 15 is 0 Å². The molecule has 2 aromatic rings. The standard InChI is InChI=1S/C19H22ClNO2/c20-17-6-3-14(4-7-17)19(23)12-21-11-13-1-2-16-10-18(22)8-5-15(16)9-13/h3-8,10,13,19,21-23H,1-2,9,11-12H2. The van der Waals surface area contributed by atoms with Crippen molar-refractivity contribution in [3.05, 3.63) is 64.2 Å². The number of hydrogen-bond donors (Lipinski definition) is 3. The Morgan fingerprint density at radius 2 is 1.91 bits per heavy atom. The van der Waals surface area contributed by atoms with Crippen LogP contribution < -0.4 is 5.32 Å². The van der Waals surface area contributed by atoms with E-state index in [1.807, 2.05) is 24.3 Å². The summed E-state index contributed by atoms with van der Waals surface area (Å²) < 4.78 is 0. The molecule has 2 aromatic carbocycles. The largest absolute Gasteiger partial charge is 0.508 e. The van der Waals surface area contributed by atoms with E-state index in [0.29, 0.717) is 23.2 Å². The van der Waals surface area contributed by atoms with Gasteiger partial charge in [-0.05, 0) is 72.7 Å². The van der Waals surface area contributed by atoms with Gasteiger partial charge in [0, 0.05) is 11.6 Å². The normalized spacial score (nSPS) is 18.4. The SMILES string of the molecule is Oc1ccc2c(c1)CCC(CNCC(O)c1ccc(Cl)cc1)C2. The third-order valence-corrected chi connectivity index (χ3v) is 4.80. The molecular weight excluding hydrogens is 310 g/mol. The van der Waals surface area contributed by atoms with Crippen LogP contribution in [-0.2, 0) is 12.8 Å². The molecule has 0 spiro atoms. The van der Waals surface area contributed by atoms with Crippen LogP contribution in [0.25, 0.3) is 0 Å². The third kappa shape index (κ3) is 4.25. The Balaban J connectivity index is 1.48. The van der Waals surface area contributed by atoms with Crippen molar-refractivity contribution < 1.29 is 10.2 Å². The maximum absolute atomic E-state index is 10.2. The molecular formula is C19H22ClNO2. The average Bonchev–Trinajstić information content (AvgIpc) is 2.55. The first-order chi connectivity index (χ1) is 11.1. The molecule has 0 aliphatic heterocycles. The molecule has 0 heterocycles. The van der Waals surface area contributed by atoms with Gasteiger partial charge in [-0.3, -0.25) is 0 Å². The Labute approximate surface area is 141 Å². The second-order valence-electron chi connectivity index (χ2n) is 6.29. The highest BCUT2D eigenvalue weighted by atomic mass is 35.5. The van der Waals surface area contributed by atoms with Crippen LogP contribution in [0.1, 0.15) is 29.2 Å². The molecule has 0 bridgehead atoms. The number of nitrogens with one attached hydrogen (secondary N) is 1. The maximum Gasteiger partial charge on any atom is 0.115 e. The molecule has 0 saturated carbocycles. The fraction of sp³-hybridized carbons (Fsp3) is 0.368. The lowest BCUT2D eigenvalue weighted by Gasteiger charge is -2.25. The Kier molecular flexibility index (Phi) is 5.21. The zero-order valence-electron chi connectivity index (χ0n) is 13.0. The fourth-order valence-corrected chi connectivity index (χ4v) is 3.34. The molecule has 0 amide bonds. The first-order valence-electron chi connectivity index (χ1n) is 8.07. The molecule has 0 radical (unpaired) electrons. The molecule has 0 aromatic heterocycles. The van der Waals surface area contributed by atoms with Gasteiger partial charge in [0.2, 0.25) is 0 Å². The second kappa shape index (κ2) is 7.35. The van der Waals surface area contributed by atoms with Crippen molar-refractivity contribution in [2.45, 2.75) is 25.4 Å². The molecule has 2 unspecified atom stereocenters. The lowest BCUT2D eigenvalue weighted by Crippen LogP contribution is -2.30. The van der Waals surface area contributed by atoms with E-state index in [1.54, 1.807) is 18.2 Å². The van der Waals surface area contributed by atoms with Crippen molar-refractivity contribution >= 4 is 11.6 Å². The van der Waals surface area contributed by atoms with E-state index in [2.05, 4.69) is 5.32 Å². The molecule has 0 saturated heterocycles. The van der Waals surface area contributed by atoms with Crippen LogP contribution in [0.15, 0.2) is 42.5 Å². The van der Waals surface area contributed by atoms with Crippen LogP contribution >= 0.6 is 11.6 Å². The molecule has 3 nitrogen and oxygen atoms in total. The highest BCUT2D eigenvalue weighted by Crippen LogP contribution is 2.28. The van der Waals surface area contributed by atoms with Crippen molar-refractivity contribution in [3.63, 3.8) is 0 Å². The van der Waals surface area contributed by atoms with Crippen LogP contribution in [0.5, 0.6) is 5.75 Å². The molecule has 3 N–H and O–H groups in total. The second-order valence-corrected chi connectivity index (χ2v) is 6.72. The molecule has 2 atom stereocenters. The predicted molar refractivity (Wildman–Crippen MR) is 92.9 cm³/mol. The van der Waals surface area contributed by atoms with Gasteiger partial charge in [0.1, 0.15) is 5.75 Å². The maximum atomic E-state index is 10.2.